The molecule has 1 aromatic rings. The maximum absolute atomic E-state index is 12.3. The van der Waals surface area contributed by atoms with Crippen molar-refractivity contribution in [3.63, 3.8) is 0 Å². The van der Waals surface area contributed by atoms with E-state index in [1.54, 1.807) is 4.90 Å². The number of hydrogen-bond donors (Lipinski definition) is 2. The van der Waals surface area contributed by atoms with Crippen LogP contribution in [0.4, 0.5) is 5.69 Å². The summed E-state index contributed by atoms with van der Waals surface area (Å²) in [5, 5.41) is 12.7. The summed E-state index contributed by atoms with van der Waals surface area (Å²) in [5.74, 6) is 0.734. The zero-order chi connectivity index (χ0) is 13.2. The Morgan fingerprint density at radius 1 is 1.32 bits per heavy atom. The molecule has 0 saturated carbocycles. The number of piperidine rings is 1. The number of anilines is 1. The number of benzene rings is 1. The van der Waals surface area contributed by atoms with Gasteiger partial charge >= 0.3 is 0 Å². The van der Waals surface area contributed by atoms with E-state index in [4.69, 9.17) is 4.74 Å². The van der Waals surface area contributed by atoms with E-state index in [0.717, 1.165) is 11.4 Å². The van der Waals surface area contributed by atoms with Crippen LogP contribution in [0.2, 0.25) is 0 Å². The molecule has 1 amide bonds. The topological polar surface area (TPSA) is 61.8 Å². The Morgan fingerprint density at radius 2 is 2.05 bits per heavy atom. The molecular weight excluding hydrogens is 244 g/mol. The second kappa shape index (κ2) is 5.09. The monoisotopic (exact) mass is 262 g/mol. The van der Waals surface area contributed by atoms with E-state index in [2.05, 4.69) is 5.32 Å². The molecule has 2 heterocycles. The summed E-state index contributed by atoms with van der Waals surface area (Å²) < 4.78 is 5.76. The number of fused-ring (bicyclic) bond motifs is 1. The molecule has 2 aliphatic rings. The highest BCUT2D eigenvalue weighted by Crippen LogP contribution is 2.28. The van der Waals surface area contributed by atoms with Crippen LogP contribution < -0.4 is 10.1 Å². The second-order valence-corrected chi connectivity index (χ2v) is 5.04. The van der Waals surface area contributed by atoms with E-state index in [1.807, 2.05) is 24.3 Å². The average molecular weight is 262 g/mol. The maximum atomic E-state index is 12.3. The zero-order valence-electron chi connectivity index (χ0n) is 10.7. The van der Waals surface area contributed by atoms with E-state index in [9.17, 15) is 9.90 Å². The third-order valence-electron chi connectivity index (χ3n) is 3.69. The summed E-state index contributed by atoms with van der Waals surface area (Å²) in [7, 11) is 0. The minimum absolute atomic E-state index is 0.00824. The first kappa shape index (κ1) is 12.3. The number of aliphatic hydroxyl groups excluding tert-OH is 1. The number of rotatable bonds is 1. The predicted octanol–water partition coefficient (Wildman–Crippen LogP) is 0.843. The van der Waals surface area contributed by atoms with Crippen LogP contribution in [0.5, 0.6) is 5.75 Å². The van der Waals surface area contributed by atoms with Crippen molar-refractivity contribution in [1.82, 2.24) is 4.90 Å². The van der Waals surface area contributed by atoms with E-state index in [-0.39, 0.29) is 12.0 Å². The van der Waals surface area contributed by atoms with Crippen molar-refractivity contribution < 1.29 is 14.6 Å². The maximum Gasteiger partial charge on any atom is 0.265 e. The predicted molar refractivity (Wildman–Crippen MR) is 71.2 cm³/mol. The van der Waals surface area contributed by atoms with Crippen LogP contribution in [0.15, 0.2) is 24.3 Å². The summed E-state index contributed by atoms with van der Waals surface area (Å²) in [6.07, 6.45) is 0.575. The number of hydrogen-bond acceptors (Lipinski definition) is 4. The van der Waals surface area contributed by atoms with Crippen LogP contribution >= 0.6 is 0 Å². The minimum Gasteiger partial charge on any atom is -0.477 e. The molecule has 102 valence electrons. The molecule has 0 aliphatic carbocycles. The Labute approximate surface area is 112 Å². The summed E-state index contributed by atoms with van der Waals surface area (Å²) in [6, 6.07) is 7.63. The highest BCUT2D eigenvalue weighted by atomic mass is 16.5. The number of carbonyl (C=O) groups is 1. The van der Waals surface area contributed by atoms with Crippen molar-refractivity contribution in [2.24, 2.45) is 0 Å². The number of ether oxygens (including phenoxy) is 1. The van der Waals surface area contributed by atoms with E-state index < -0.39 is 6.10 Å². The third kappa shape index (κ3) is 2.51. The van der Waals surface area contributed by atoms with Gasteiger partial charge in [0, 0.05) is 13.1 Å². The molecule has 0 spiro atoms. The van der Waals surface area contributed by atoms with Crippen LogP contribution in [-0.4, -0.2) is 47.8 Å². The number of carbonyl (C=O) groups excluding carboxylic acids is 1. The van der Waals surface area contributed by atoms with E-state index in [0.29, 0.717) is 32.5 Å². The highest BCUT2D eigenvalue weighted by Gasteiger charge is 2.31. The molecule has 1 atom stereocenters. The fraction of sp³-hybridized carbons (Fsp3) is 0.500. The Bertz CT molecular complexity index is 470. The molecule has 1 aromatic carbocycles. The van der Waals surface area contributed by atoms with Gasteiger partial charge in [0.25, 0.3) is 5.91 Å². The van der Waals surface area contributed by atoms with Crippen molar-refractivity contribution in [3.8, 4) is 5.75 Å². The lowest BCUT2D eigenvalue weighted by atomic mass is 10.1. The molecule has 2 N–H and O–H groups in total. The molecule has 1 saturated heterocycles. The molecule has 2 aliphatic heterocycles. The number of nitrogens with one attached hydrogen (secondary N) is 1. The first-order chi connectivity index (χ1) is 9.24. The second-order valence-electron chi connectivity index (χ2n) is 5.04. The summed E-state index contributed by atoms with van der Waals surface area (Å²) >= 11 is 0. The van der Waals surface area contributed by atoms with E-state index >= 15 is 0 Å². The number of para-hydroxylation sites is 2. The Kier molecular flexibility index (Phi) is 3.29. The normalized spacial score (nSPS) is 23.2. The lowest BCUT2D eigenvalue weighted by molar-refractivity contribution is -0.140. The largest absolute Gasteiger partial charge is 0.477 e. The van der Waals surface area contributed by atoms with Crippen LogP contribution in [0.3, 0.4) is 0 Å². The van der Waals surface area contributed by atoms with Crippen molar-refractivity contribution in [2.75, 3.05) is 25.0 Å². The molecule has 5 heteroatoms. The Morgan fingerprint density at radius 3 is 2.84 bits per heavy atom. The van der Waals surface area contributed by atoms with Gasteiger partial charge in [-0.1, -0.05) is 12.1 Å². The average Bonchev–Trinajstić information content (AvgIpc) is 2.47. The molecule has 1 unspecified atom stereocenters. The van der Waals surface area contributed by atoms with Gasteiger partial charge in [-0.15, -0.1) is 0 Å². The highest BCUT2D eigenvalue weighted by molar-refractivity contribution is 5.83. The molecular formula is C14H18N2O3. The van der Waals surface area contributed by atoms with Crippen LogP contribution in [0.1, 0.15) is 12.8 Å². The SMILES string of the molecule is O=C(C1CNc2ccccc2O1)N1CCC(O)CC1. The molecule has 5 nitrogen and oxygen atoms in total. The number of aliphatic hydroxyl groups is 1. The molecule has 0 bridgehead atoms. The molecule has 0 aromatic heterocycles. The molecule has 0 radical (unpaired) electrons. The van der Waals surface area contributed by atoms with Crippen LogP contribution in [0, 0.1) is 0 Å². The van der Waals surface area contributed by atoms with Crippen molar-refractivity contribution >= 4 is 11.6 Å². The summed E-state index contributed by atoms with van der Waals surface area (Å²) in [4.78, 5) is 14.1. The van der Waals surface area contributed by atoms with Gasteiger partial charge < -0.3 is 20.1 Å². The Balaban J connectivity index is 1.66. The van der Waals surface area contributed by atoms with Gasteiger partial charge in [0.2, 0.25) is 0 Å². The van der Waals surface area contributed by atoms with Gasteiger partial charge in [-0.2, -0.15) is 0 Å². The lowest BCUT2D eigenvalue weighted by Gasteiger charge is -2.34. The molecule has 1 fully saturated rings. The summed E-state index contributed by atoms with van der Waals surface area (Å²) in [6.45, 7) is 1.72. The van der Waals surface area contributed by atoms with Crippen molar-refractivity contribution in [2.45, 2.75) is 25.0 Å². The van der Waals surface area contributed by atoms with Crippen LogP contribution in [-0.2, 0) is 4.79 Å². The van der Waals surface area contributed by atoms with E-state index in [1.165, 1.54) is 0 Å². The zero-order valence-corrected chi connectivity index (χ0v) is 10.7. The first-order valence-electron chi connectivity index (χ1n) is 6.70. The number of amides is 1. The van der Waals surface area contributed by atoms with Gasteiger partial charge in [-0.05, 0) is 25.0 Å². The quantitative estimate of drug-likeness (QED) is 0.787. The number of nitrogens with zero attached hydrogens (tertiary/aromatic N) is 1. The molecule has 3 rings (SSSR count). The van der Waals surface area contributed by atoms with Crippen molar-refractivity contribution in [3.05, 3.63) is 24.3 Å². The van der Waals surface area contributed by atoms with Gasteiger partial charge in [0.1, 0.15) is 5.75 Å². The standard InChI is InChI=1S/C14H18N2O3/c17-10-5-7-16(8-6-10)14(18)13-9-15-11-3-1-2-4-12(11)19-13/h1-4,10,13,15,17H,5-9H2. The smallest absolute Gasteiger partial charge is 0.265 e. The van der Waals surface area contributed by atoms with Gasteiger partial charge in [0.05, 0.1) is 18.3 Å². The number of likely N-dealkylation sites (tertiary alicyclic amines) is 1. The first-order valence-corrected chi connectivity index (χ1v) is 6.70. The van der Waals surface area contributed by atoms with Gasteiger partial charge in [0.15, 0.2) is 6.10 Å². The fourth-order valence-electron chi connectivity index (χ4n) is 2.54. The summed E-state index contributed by atoms with van der Waals surface area (Å²) in [5.41, 5.74) is 0.931. The van der Waals surface area contributed by atoms with Crippen LogP contribution in [0.25, 0.3) is 0 Å². The third-order valence-corrected chi connectivity index (χ3v) is 3.69. The lowest BCUT2D eigenvalue weighted by Crippen LogP contribution is -2.50. The van der Waals surface area contributed by atoms with Gasteiger partial charge in [-0.25, -0.2) is 0 Å². The molecule has 19 heavy (non-hydrogen) atoms. The Hall–Kier alpha value is -1.75. The fourth-order valence-corrected chi connectivity index (χ4v) is 2.54. The minimum atomic E-state index is -0.467. The van der Waals surface area contributed by atoms with Crippen molar-refractivity contribution in [1.29, 1.82) is 0 Å². The van der Waals surface area contributed by atoms with Gasteiger partial charge in [-0.3, -0.25) is 4.79 Å².